The van der Waals surface area contributed by atoms with Crippen molar-refractivity contribution in [2.45, 2.75) is 32.7 Å². The van der Waals surface area contributed by atoms with E-state index >= 15 is 0 Å². The number of hydrogen-bond acceptors (Lipinski definition) is 3. The van der Waals surface area contributed by atoms with Gasteiger partial charge < -0.3 is 15.1 Å². The highest BCUT2D eigenvalue weighted by molar-refractivity contribution is 4.82. The van der Waals surface area contributed by atoms with Crippen LogP contribution in [0.4, 0.5) is 0 Å². The Hall–Kier alpha value is -0.120. The van der Waals surface area contributed by atoms with Gasteiger partial charge in [0, 0.05) is 25.7 Å². The van der Waals surface area contributed by atoms with Crippen LogP contribution >= 0.6 is 0 Å². The molecule has 2 saturated heterocycles. The standard InChI is InChI=1S/C14H29N3/c1-12(2)15-8-13-5-7-17(10-13)11-14-4-6-16(3)9-14/h12-15H,4-11H2,1-3H3. The fourth-order valence-electron chi connectivity index (χ4n) is 3.19. The van der Waals surface area contributed by atoms with Crippen LogP contribution < -0.4 is 5.32 Å². The molecule has 0 amide bonds. The molecule has 17 heavy (non-hydrogen) atoms. The first-order chi connectivity index (χ1) is 8.13. The van der Waals surface area contributed by atoms with Gasteiger partial charge in [0.2, 0.25) is 0 Å². The van der Waals surface area contributed by atoms with Crippen LogP contribution in [0, 0.1) is 11.8 Å². The van der Waals surface area contributed by atoms with E-state index < -0.39 is 0 Å². The molecule has 0 saturated carbocycles. The summed E-state index contributed by atoms with van der Waals surface area (Å²) in [6, 6.07) is 0.632. The number of nitrogens with zero attached hydrogens (tertiary/aromatic N) is 2. The summed E-state index contributed by atoms with van der Waals surface area (Å²) in [5.74, 6) is 1.81. The Bertz CT molecular complexity index is 230. The van der Waals surface area contributed by atoms with Gasteiger partial charge in [-0.25, -0.2) is 0 Å². The van der Waals surface area contributed by atoms with Gasteiger partial charge in [0.25, 0.3) is 0 Å². The van der Waals surface area contributed by atoms with Crippen molar-refractivity contribution in [3.8, 4) is 0 Å². The van der Waals surface area contributed by atoms with Crippen LogP contribution in [-0.2, 0) is 0 Å². The lowest BCUT2D eigenvalue weighted by molar-refractivity contribution is 0.265. The smallest absolute Gasteiger partial charge is 0.00225 e. The fraction of sp³-hybridized carbons (Fsp3) is 1.00. The van der Waals surface area contributed by atoms with E-state index in [1.54, 1.807) is 0 Å². The lowest BCUT2D eigenvalue weighted by atomic mass is 10.1. The predicted molar refractivity (Wildman–Crippen MR) is 73.3 cm³/mol. The molecular formula is C14H29N3. The third kappa shape index (κ3) is 4.23. The molecule has 2 heterocycles. The van der Waals surface area contributed by atoms with Crippen LogP contribution in [0.15, 0.2) is 0 Å². The summed E-state index contributed by atoms with van der Waals surface area (Å²) < 4.78 is 0. The van der Waals surface area contributed by atoms with Gasteiger partial charge in [-0.2, -0.15) is 0 Å². The van der Waals surface area contributed by atoms with Crippen LogP contribution in [0.3, 0.4) is 0 Å². The summed E-state index contributed by atoms with van der Waals surface area (Å²) in [7, 11) is 2.25. The van der Waals surface area contributed by atoms with Crippen molar-refractivity contribution in [3.63, 3.8) is 0 Å². The second-order valence-electron chi connectivity index (χ2n) is 6.39. The molecule has 0 aromatic heterocycles. The van der Waals surface area contributed by atoms with Gasteiger partial charge in [-0.3, -0.25) is 0 Å². The molecule has 0 aliphatic carbocycles. The molecule has 2 rings (SSSR count). The van der Waals surface area contributed by atoms with Crippen molar-refractivity contribution in [1.29, 1.82) is 0 Å². The van der Waals surface area contributed by atoms with E-state index in [9.17, 15) is 0 Å². The van der Waals surface area contributed by atoms with E-state index in [2.05, 4.69) is 36.0 Å². The van der Waals surface area contributed by atoms with Crippen LogP contribution in [-0.4, -0.2) is 62.2 Å². The summed E-state index contributed by atoms with van der Waals surface area (Å²) in [6.45, 7) is 12.3. The summed E-state index contributed by atoms with van der Waals surface area (Å²) in [5.41, 5.74) is 0. The minimum Gasteiger partial charge on any atom is -0.314 e. The second-order valence-corrected chi connectivity index (χ2v) is 6.39. The van der Waals surface area contributed by atoms with Gasteiger partial charge in [0.1, 0.15) is 0 Å². The van der Waals surface area contributed by atoms with Gasteiger partial charge in [0.15, 0.2) is 0 Å². The predicted octanol–water partition coefficient (Wildman–Crippen LogP) is 1.26. The van der Waals surface area contributed by atoms with Crippen molar-refractivity contribution < 1.29 is 0 Å². The maximum atomic E-state index is 3.57. The molecule has 0 aromatic rings. The molecule has 3 heteroatoms. The summed E-state index contributed by atoms with van der Waals surface area (Å²) in [4.78, 5) is 5.16. The monoisotopic (exact) mass is 239 g/mol. The zero-order chi connectivity index (χ0) is 12.3. The maximum Gasteiger partial charge on any atom is 0.00225 e. The zero-order valence-electron chi connectivity index (χ0n) is 11.8. The molecule has 2 unspecified atom stereocenters. The highest BCUT2D eigenvalue weighted by atomic mass is 15.2. The van der Waals surface area contributed by atoms with Crippen molar-refractivity contribution in [3.05, 3.63) is 0 Å². The molecule has 100 valence electrons. The first-order valence-electron chi connectivity index (χ1n) is 7.27. The Balaban J connectivity index is 1.64. The Morgan fingerprint density at radius 1 is 1.12 bits per heavy atom. The Kier molecular flexibility index (Phi) is 4.83. The SMILES string of the molecule is CC(C)NCC1CCN(CC2CCN(C)C2)C1. The minimum absolute atomic E-state index is 0.632. The molecular weight excluding hydrogens is 210 g/mol. The quantitative estimate of drug-likeness (QED) is 0.779. The molecule has 0 spiro atoms. The average Bonchev–Trinajstić information content (AvgIpc) is 2.86. The van der Waals surface area contributed by atoms with E-state index in [0.717, 1.165) is 11.8 Å². The third-order valence-electron chi connectivity index (χ3n) is 4.19. The first-order valence-corrected chi connectivity index (χ1v) is 7.27. The largest absolute Gasteiger partial charge is 0.314 e. The Labute approximate surface area is 107 Å². The molecule has 0 bridgehead atoms. The number of likely N-dealkylation sites (tertiary alicyclic amines) is 2. The molecule has 2 atom stereocenters. The Morgan fingerprint density at radius 2 is 1.88 bits per heavy atom. The number of nitrogens with one attached hydrogen (secondary N) is 1. The van der Waals surface area contributed by atoms with E-state index in [1.807, 2.05) is 0 Å². The highest BCUT2D eigenvalue weighted by Crippen LogP contribution is 2.21. The van der Waals surface area contributed by atoms with Crippen molar-refractivity contribution in [1.82, 2.24) is 15.1 Å². The molecule has 2 aliphatic heterocycles. The molecule has 1 N–H and O–H groups in total. The fourth-order valence-corrected chi connectivity index (χ4v) is 3.19. The third-order valence-corrected chi connectivity index (χ3v) is 4.19. The van der Waals surface area contributed by atoms with Gasteiger partial charge >= 0.3 is 0 Å². The van der Waals surface area contributed by atoms with Crippen LogP contribution in [0.1, 0.15) is 26.7 Å². The van der Waals surface area contributed by atoms with Gasteiger partial charge in [-0.15, -0.1) is 0 Å². The lowest BCUT2D eigenvalue weighted by Crippen LogP contribution is -2.32. The van der Waals surface area contributed by atoms with E-state index in [1.165, 1.54) is 52.1 Å². The van der Waals surface area contributed by atoms with Crippen LogP contribution in [0.2, 0.25) is 0 Å². The maximum absolute atomic E-state index is 3.57. The average molecular weight is 239 g/mol. The first kappa shape index (κ1) is 13.3. The van der Waals surface area contributed by atoms with E-state index in [-0.39, 0.29) is 0 Å². The summed E-state index contributed by atoms with van der Waals surface area (Å²) >= 11 is 0. The Morgan fingerprint density at radius 3 is 2.53 bits per heavy atom. The molecule has 3 nitrogen and oxygen atoms in total. The lowest BCUT2D eigenvalue weighted by Gasteiger charge is -2.20. The molecule has 0 radical (unpaired) electrons. The van der Waals surface area contributed by atoms with Gasteiger partial charge in [-0.1, -0.05) is 13.8 Å². The normalized spacial score (nSPS) is 31.8. The molecule has 0 aromatic carbocycles. The summed E-state index contributed by atoms with van der Waals surface area (Å²) in [5, 5.41) is 3.57. The van der Waals surface area contributed by atoms with Crippen LogP contribution in [0.5, 0.6) is 0 Å². The van der Waals surface area contributed by atoms with Crippen LogP contribution in [0.25, 0.3) is 0 Å². The van der Waals surface area contributed by atoms with E-state index in [4.69, 9.17) is 0 Å². The van der Waals surface area contributed by atoms with Gasteiger partial charge in [-0.05, 0) is 51.4 Å². The molecule has 2 fully saturated rings. The highest BCUT2D eigenvalue weighted by Gasteiger charge is 2.27. The van der Waals surface area contributed by atoms with Crippen molar-refractivity contribution in [2.24, 2.45) is 11.8 Å². The zero-order valence-corrected chi connectivity index (χ0v) is 11.8. The minimum atomic E-state index is 0.632. The summed E-state index contributed by atoms with van der Waals surface area (Å²) in [6.07, 6.45) is 2.80. The van der Waals surface area contributed by atoms with Crippen molar-refractivity contribution >= 4 is 0 Å². The van der Waals surface area contributed by atoms with Gasteiger partial charge in [0.05, 0.1) is 0 Å². The van der Waals surface area contributed by atoms with E-state index in [0.29, 0.717) is 6.04 Å². The molecule has 2 aliphatic rings. The topological polar surface area (TPSA) is 18.5 Å². The van der Waals surface area contributed by atoms with Crippen molar-refractivity contribution in [2.75, 3.05) is 46.3 Å². The second kappa shape index (κ2) is 6.17. The number of hydrogen-bond donors (Lipinski definition) is 1. The number of rotatable bonds is 5.